The van der Waals surface area contributed by atoms with Gasteiger partial charge in [-0.1, -0.05) is 115 Å². The van der Waals surface area contributed by atoms with Gasteiger partial charge < -0.3 is 4.42 Å². The molecule has 0 unspecified atom stereocenters. The van der Waals surface area contributed by atoms with Crippen LogP contribution in [0.1, 0.15) is 0 Å². The van der Waals surface area contributed by atoms with Crippen molar-refractivity contribution in [2.75, 3.05) is 0 Å². The summed E-state index contributed by atoms with van der Waals surface area (Å²) in [7, 11) is 0. The molecule has 4 heterocycles. The van der Waals surface area contributed by atoms with Crippen molar-refractivity contribution in [1.82, 2.24) is 24.9 Å². The van der Waals surface area contributed by atoms with E-state index in [2.05, 4.69) is 48.5 Å². The third-order valence-corrected chi connectivity index (χ3v) is 8.43. The van der Waals surface area contributed by atoms with Gasteiger partial charge in [0.2, 0.25) is 0 Å². The summed E-state index contributed by atoms with van der Waals surface area (Å²) < 4.78 is 6.29. The van der Waals surface area contributed by atoms with Gasteiger partial charge in [0.15, 0.2) is 23.1 Å². The van der Waals surface area contributed by atoms with E-state index in [0.717, 1.165) is 71.9 Å². The molecule has 5 aromatic carbocycles. The van der Waals surface area contributed by atoms with E-state index in [9.17, 15) is 0 Å². The summed E-state index contributed by atoms with van der Waals surface area (Å²) >= 11 is 0. The van der Waals surface area contributed by atoms with Crippen LogP contribution in [0.3, 0.4) is 0 Å². The average Bonchev–Trinajstić information content (AvgIpc) is 3.54. The lowest BCUT2D eigenvalue weighted by molar-refractivity contribution is 0.668. The fourth-order valence-corrected chi connectivity index (χ4v) is 6.15. The molecule has 0 saturated heterocycles. The number of nitrogens with zero attached hydrogens (tertiary/aromatic N) is 5. The molecule has 0 fully saturated rings. The van der Waals surface area contributed by atoms with Crippen molar-refractivity contribution in [1.29, 1.82) is 0 Å². The molecule has 0 aliphatic heterocycles. The number of rotatable bonds is 5. The van der Waals surface area contributed by atoms with Crippen LogP contribution in [0.15, 0.2) is 156 Å². The fraction of sp³-hybridized carbons (Fsp3) is 0. The Labute approximate surface area is 270 Å². The van der Waals surface area contributed by atoms with Gasteiger partial charge in [0.25, 0.3) is 0 Å². The Balaban J connectivity index is 1.18. The molecule has 47 heavy (non-hydrogen) atoms. The Morgan fingerprint density at radius 2 is 1.09 bits per heavy atom. The summed E-state index contributed by atoms with van der Waals surface area (Å²) in [6.07, 6.45) is 3.73. The zero-order valence-corrected chi connectivity index (χ0v) is 25.1. The second-order valence-corrected chi connectivity index (χ2v) is 11.3. The molecular weight excluding hydrogens is 578 g/mol. The van der Waals surface area contributed by atoms with Crippen LogP contribution in [0.25, 0.3) is 89.4 Å². The first-order valence-electron chi connectivity index (χ1n) is 15.4. The first kappa shape index (κ1) is 26.8. The van der Waals surface area contributed by atoms with Gasteiger partial charge in [0.05, 0.1) is 5.69 Å². The monoisotopic (exact) mass is 603 g/mol. The fourth-order valence-electron chi connectivity index (χ4n) is 6.15. The number of benzene rings is 5. The molecule has 0 saturated carbocycles. The minimum atomic E-state index is 0.614. The van der Waals surface area contributed by atoms with E-state index >= 15 is 0 Å². The number of pyridine rings is 2. The number of hydrogen-bond acceptors (Lipinski definition) is 6. The third kappa shape index (κ3) is 4.80. The molecule has 0 radical (unpaired) electrons. The van der Waals surface area contributed by atoms with Gasteiger partial charge in [-0.15, -0.1) is 0 Å². The van der Waals surface area contributed by atoms with Crippen molar-refractivity contribution < 1.29 is 4.42 Å². The highest BCUT2D eigenvalue weighted by atomic mass is 16.3. The van der Waals surface area contributed by atoms with E-state index in [-0.39, 0.29) is 0 Å². The van der Waals surface area contributed by atoms with E-state index in [1.807, 2.05) is 103 Å². The molecule has 6 nitrogen and oxygen atoms in total. The molecule has 0 atom stereocenters. The topological polar surface area (TPSA) is 77.6 Å². The molecule has 9 aromatic rings. The van der Waals surface area contributed by atoms with Crippen molar-refractivity contribution in [3.63, 3.8) is 0 Å². The number of furan rings is 1. The molecule has 0 amide bonds. The second kappa shape index (κ2) is 11.1. The average molecular weight is 604 g/mol. The lowest BCUT2D eigenvalue weighted by atomic mass is 9.97. The Hall–Kier alpha value is -6.53. The smallest absolute Gasteiger partial charge is 0.164 e. The summed E-state index contributed by atoms with van der Waals surface area (Å²) in [5.41, 5.74) is 7.93. The standard InChI is InChI=1S/C41H25N5O/c1-3-11-26(12-4-1)39-44-40(27-13-5-2-6-14-27)46-41(45-39)29-16-9-15-28(23-29)31-19-10-17-30-25-43-35(24-34(30)31)37-38-33(21-22-42-37)32-18-7-8-20-36(32)47-38/h1-25H. The molecule has 220 valence electrons. The van der Waals surface area contributed by atoms with Crippen LogP contribution < -0.4 is 0 Å². The highest BCUT2D eigenvalue weighted by Gasteiger charge is 2.17. The predicted octanol–water partition coefficient (Wildman–Crippen LogP) is 10.0. The molecule has 0 bridgehead atoms. The Morgan fingerprint density at radius 3 is 1.85 bits per heavy atom. The van der Waals surface area contributed by atoms with Crippen LogP contribution in [0, 0.1) is 0 Å². The molecule has 0 aliphatic rings. The van der Waals surface area contributed by atoms with Crippen molar-refractivity contribution in [2.45, 2.75) is 0 Å². The second-order valence-electron chi connectivity index (χ2n) is 11.3. The quantitative estimate of drug-likeness (QED) is 0.195. The Kier molecular flexibility index (Phi) is 6.35. The molecular formula is C41H25N5O. The highest BCUT2D eigenvalue weighted by molar-refractivity contribution is 6.09. The number of fused-ring (bicyclic) bond motifs is 4. The van der Waals surface area contributed by atoms with Crippen molar-refractivity contribution in [3.8, 4) is 56.7 Å². The maximum absolute atomic E-state index is 6.29. The van der Waals surface area contributed by atoms with Crippen LogP contribution in [0.2, 0.25) is 0 Å². The van der Waals surface area contributed by atoms with E-state index in [4.69, 9.17) is 29.3 Å². The minimum absolute atomic E-state index is 0.614. The lowest BCUT2D eigenvalue weighted by Crippen LogP contribution is -2.00. The third-order valence-electron chi connectivity index (χ3n) is 8.43. The van der Waals surface area contributed by atoms with Crippen molar-refractivity contribution in [3.05, 3.63) is 152 Å². The van der Waals surface area contributed by atoms with Crippen LogP contribution in [0.5, 0.6) is 0 Å². The van der Waals surface area contributed by atoms with Crippen LogP contribution in [-0.4, -0.2) is 24.9 Å². The maximum atomic E-state index is 6.29. The summed E-state index contributed by atoms with van der Waals surface area (Å²) in [5.74, 6) is 1.88. The summed E-state index contributed by atoms with van der Waals surface area (Å²) in [6.45, 7) is 0. The SMILES string of the molecule is c1ccc(-c2nc(-c3ccccc3)nc(-c3cccc(-c4cccc5cnc(-c6nccc7c6oc6ccccc67)cc45)c3)n2)cc1. The van der Waals surface area contributed by atoms with E-state index in [1.165, 1.54) is 0 Å². The van der Waals surface area contributed by atoms with Gasteiger partial charge in [-0.3, -0.25) is 9.97 Å². The largest absolute Gasteiger partial charge is 0.454 e. The molecule has 9 rings (SSSR count). The van der Waals surface area contributed by atoms with Gasteiger partial charge in [0.1, 0.15) is 11.3 Å². The molecule has 6 heteroatoms. The number of aromatic nitrogens is 5. The summed E-state index contributed by atoms with van der Waals surface area (Å²) in [6, 6.07) is 46.9. The first-order valence-corrected chi connectivity index (χ1v) is 15.4. The molecule has 0 spiro atoms. The normalized spacial score (nSPS) is 11.4. The summed E-state index contributed by atoms with van der Waals surface area (Å²) in [5, 5.41) is 4.19. The summed E-state index contributed by atoms with van der Waals surface area (Å²) in [4.78, 5) is 24.3. The number of hydrogen-bond donors (Lipinski definition) is 0. The van der Waals surface area contributed by atoms with Crippen LogP contribution in [0.4, 0.5) is 0 Å². The van der Waals surface area contributed by atoms with Crippen LogP contribution >= 0.6 is 0 Å². The highest BCUT2D eigenvalue weighted by Crippen LogP contribution is 2.37. The van der Waals surface area contributed by atoms with Gasteiger partial charge in [0, 0.05) is 45.2 Å². The minimum Gasteiger partial charge on any atom is -0.454 e. The van der Waals surface area contributed by atoms with Gasteiger partial charge in [-0.2, -0.15) is 0 Å². The van der Waals surface area contributed by atoms with Crippen molar-refractivity contribution >= 4 is 32.7 Å². The van der Waals surface area contributed by atoms with Gasteiger partial charge >= 0.3 is 0 Å². The van der Waals surface area contributed by atoms with E-state index in [1.54, 1.807) is 0 Å². The Morgan fingerprint density at radius 1 is 0.447 bits per heavy atom. The lowest BCUT2D eigenvalue weighted by Gasteiger charge is -2.11. The maximum Gasteiger partial charge on any atom is 0.164 e. The van der Waals surface area contributed by atoms with E-state index in [0.29, 0.717) is 17.5 Å². The molecule has 0 N–H and O–H groups in total. The van der Waals surface area contributed by atoms with E-state index < -0.39 is 0 Å². The number of para-hydroxylation sites is 1. The zero-order chi connectivity index (χ0) is 31.2. The van der Waals surface area contributed by atoms with Gasteiger partial charge in [-0.05, 0) is 40.8 Å². The molecule has 0 aliphatic carbocycles. The first-order chi connectivity index (χ1) is 23.3. The Bertz CT molecular complexity index is 2520. The predicted molar refractivity (Wildman–Crippen MR) is 187 cm³/mol. The van der Waals surface area contributed by atoms with Crippen LogP contribution in [-0.2, 0) is 0 Å². The van der Waals surface area contributed by atoms with Gasteiger partial charge in [-0.25, -0.2) is 15.0 Å². The van der Waals surface area contributed by atoms with Crippen molar-refractivity contribution in [2.24, 2.45) is 0 Å². The zero-order valence-electron chi connectivity index (χ0n) is 25.1. The molecule has 4 aromatic heterocycles.